The number of rotatable bonds is 10. The van der Waals surface area contributed by atoms with Gasteiger partial charge < -0.3 is 14.2 Å². The van der Waals surface area contributed by atoms with Crippen molar-refractivity contribution in [3.63, 3.8) is 0 Å². The first-order valence-electron chi connectivity index (χ1n) is 14.2. The first kappa shape index (κ1) is 27.0. The monoisotopic (exact) mass is 556 g/mol. The van der Waals surface area contributed by atoms with Crippen molar-refractivity contribution in [3.8, 4) is 21.9 Å². The zero-order chi connectivity index (χ0) is 27.3. The van der Waals surface area contributed by atoms with Crippen LogP contribution in [0.25, 0.3) is 20.5 Å². The summed E-state index contributed by atoms with van der Waals surface area (Å²) in [4.78, 5) is 19.9. The fraction of sp³-hybridized carbons (Fsp3) is 0.364. The van der Waals surface area contributed by atoms with Gasteiger partial charge in [0, 0.05) is 57.8 Å². The predicted octanol–water partition coefficient (Wildman–Crippen LogP) is 6.11. The van der Waals surface area contributed by atoms with E-state index in [1.807, 2.05) is 48.5 Å². The smallest absolute Gasteiger partial charge is 0.195 e. The number of methoxy groups -OCH3 is 1. The number of hydrogen-bond acceptors (Lipinski definition) is 7. The molecule has 0 aliphatic carbocycles. The molecule has 0 radical (unpaired) electrons. The highest BCUT2D eigenvalue weighted by atomic mass is 32.1. The molecular weight excluding hydrogens is 520 g/mol. The molecule has 7 heteroatoms. The Balaban J connectivity index is 1.25. The summed E-state index contributed by atoms with van der Waals surface area (Å²) >= 11 is 1.66. The number of morpholine rings is 1. The van der Waals surface area contributed by atoms with Crippen molar-refractivity contribution in [1.82, 2.24) is 9.80 Å². The van der Waals surface area contributed by atoms with Crippen molar-refractivity contribution in [1.29, 1.82) is 0 Å². The number of benzene rings is 3. The van der Waals surface area contributed by atoms with E-state index >= 15 is 0 Å². The summed E-state index contributed by atoms with van der Waals surface area (Å²) in [5.41, 5.74) is 3.48. The number of nitrogens with zero attached hydrogens (tertiary/aromatic N) is 2. The van der Waals surface area contributed by atoms with Crippen molar-refractivity contribution < 1.29 is 19.0 Å². The van der Waals surface area contributed by atoms with Gasteiger partial charge in [-0.3, -0.25) is 14.6 Å². The summed E-state index contributed by atoms with van der Waals surface area (Å²) in [6, 6.07) is 22.2. The average molecular weight is 557 g/mol. The molecule has 2 aliphatic rings. The zero-order valence-electron chi connectivity index (χ0n) is 23.1. The van der Waals surface area contributed by atoms with Gasteiger partial charge in [0.2, 0.25) is 0 Å². The van der Waals surface area contributed by atoms with Gasteiger partial charge in [-0.15, -0.1) is 11.3 Å². The van der Waals surface area contributed by atoms with E-state index in [0.717, 1.165) is 82.5 Å². The number of thiophene rings is 1. The Bertz CT molecular complexity index is 1450. The quantitative estimate of drug-likeness (QED) is 0.220. The van der Waals surface area contributed by atoms with Crippen LogP contribution in [0, 0.1) is 0 Å². The summed E-state index contributed by atoms with van der Waals surface area (Å²) in [7, 11) is 1.67. The largest absolute Gasteiger partial charge is 0.496 e. The number of likely N-dealkylation sites (tertiary alicyclic amines) is 1. The van der Waals surface area contributed by atoms with E-state index in [1.165, 1.54) is 25.9 Å². The minimum Gasteiger partial charge on any atom is -0.496 e. The van der Waals surface area contributed by atoms with Crippen LogP contribution in [-0.2, 0) is 11.3 Å². The molecule has 2 aliphatic heterocycles. The van der Waals surface area contributed by atoms with Crippen molar-refractivity contribution in [2.75, 3.05) is 59.7 Å². The third-order valence-corrected chi connectivity index (χ3v) is 9.08. The molecule has 0 spiro atoms. The van der Waals surface area contributed by atoms with E-state index in [2.05, 4.69) is 28.0 Å². The van der Waals surface area contributed by atoms with Crippen LogP contribution >= 0.6 is 11.3 Å². The summed E-state index contributed by atoms with van der Waals surface area (Å²) in [5.74, 6) is 1.61. The normalized spacial score (nSPS) is 16.4. The Morgan fingerprint density at radius 3 is 2.48 bits per heavy atom. The lowest BCUT2D eigenvalue weighted by Gasteiger charge is -2.27. The Morgan fingerprint density at radius 1 is 0.925 bits per heavy atom. The molecule has 40 heavy (non-hydrogen) atoms. The Labute approximate surface area is 240 Å². The Hall–Kier alpha value is -3.23. The summed E-state index contributed by atoms with van der Waals surface area (Å²) < 4.78 is 18.4. The topological polar surface area (TPSA) is 51.2 Å². The molecule has 2 saturated heterocycles. The molecule has 0 amide bonds. The number of fused-ring (bicyclic) bond motifs is 1. The molecule has 0 atom stereocenters. The lowest BCUT2D eigenvalue weighted by Crippen LogP contribution is -2.35. The first-order valence-corrected chi connectivity index (χ1v) is 15.0. The summed E-state index contributed by atoms with van der Waals surface area (Å²) in [6.45, 7) is 8.08. The second-order valence-corrected chi connectivity index (χ2v) is 11.5. The molecule has 0 N–H and O–H groups in total. The fourth-order valence-corrected chi connectivity index (χ4v) is 6.84. The molecule has 3 aromatic carbocycles. The maximum atomic E-state index is 14.1. The summed E-state index contributed by atoms with van der Waals surface area (Å²) in [5, 5.41) is 0.981. The van der Waals surface area contributed by atoms with E-state index in [1.54, 1.807) is 18.4 Å². The number of carbonyl (C=O) groups excluding carboxylic acids is 1. The van der Waals surface area contributed by atoms with Crippen LogP contribution in [0.4, 0.5) is 0 Å². The molecule has 0 saturated carbocycles. The SMILES string of the molecule is COc1cc(C(=O)c2c(-c3ccc(OCCN4CCCC4)cc3)sc3ccccc23)ccc1CN1CCOCC1. The molecule has 3 heterocycles. The maximum Gasteiger partial charge on any atom is 0.195 e. The molecule has 2 fully saturated rings. The lowest BCUT2D eigenvalue weighted by atomic mass is 9.96. The van der Waals surface area contributed by atoms with Crippen LogP contribution in [-0.4, -0.2) is 75.2 Å². The third-order valence-electron chi connectivity index (χ3n) is 7.86. The number of ether oxygens (including phenoxy) is 3. The van der Waals surface area contributed by atoms with Gasteiger partial charge >= 0.3 is 0 Å². The standard InChI is InChI=1S/C33H36N2O4S/c1-37-29-22-25(8-9-26(29)23-35-16-19-38-20-17-35)32(36)31-28-6-2-3-7-30(28)40-33(31)24-10-12-27(13-11-24)39-21-18-34-14-4-5-15-34/h2-3,6-13,22H,4-5,14-21,23H2,1H3. The van der Waals surface area contributed by atoms with E-state index in [0.29, 0.717) is 12.2 Å². The van der Waals surface area contributed by atoms with Crippen LogP contribution in [0.3, 0.4) is 0 Å². The van der Waals surface area contributed by atoms with Gasteiger partial charge in [0.15, 0.2) is 5.78 Å². The van der Waals surface area contributed by atoms with Gasteiger partial charge in [-0.2, -0.15) is 0 Å². The van der Waals surface area contributed by atoms with Crippen molar-refractivity contribution in [2.24, 2.45) is 0 Å². The van der Waals surface area contributed by atoms with Crippen LogP contribution in [0.5, 0.6) is 11.5 Å². The van der Waals surface area contributed by atoms with Crippen molar-refractivity contribution in [3.05, 3.63) is 83.4 Å². The maximum absolute atomic E-state index is 14.1. The Kier molecular flexibility index (Phi) is 8.44. The number of ketones is 1. The van der Waals surface area contributed by atoms with Crippen molar-refractivity contribution >= 4 is 27.2 Å². The van der Waals surface area contributed by atoms with Gasteiger partial charge in [0.25, 0.3) is 0 Å². The second-order valence-electron chi connectivity index (χ2n) is 10.5. The second kappa shape index (κ2) is 12.5. The van der Waals surface area contributed by atoms with Gasteiger partial charge in [0.1, 0.15) is 18.1 Å². The summed E-state index contributed by atoms with van der Waals surface area (Å²) in [6.07, 6.45) is 2.58. The van der Waals surface area contributed by atoms with Crippen LogP contribution in [0.2, 0.25) is 0 Å². The van der Waals surface area contributed by atoms with E-state index in [4.69, 9.17) is 14.2 Å². The molecule has 4 aromatic rings. The molecule has 0 bridgehead atoms. The predicted molar refractivity (Wildman–Crippen MR) is 161 cm³/mol. The molecule has 6 rings (SSSR count). The molecular formula is C33H36N2O4S. The van der Waals surface area contributed by atoms with Gasteiger partial charge in [-0.05, 0) is 67.9 Å². The van der Waals surface area contributed by atoms with Gasteiger partial charge in [-0.25, -0.2) is 0 Å². The van der Waals surface area contributed by atoms with Crippen molar-refractivity contribution in [2.45, 2.75) is 19.4 Å². The van der Waals surface area contributed by atoms with E-state index < -0.39 is 0 Å². The van der Waals surface area contributed by atoms with Crippen LogP contribution in [0.15, 0.2) is 66.7 Å². The number of carbonyl (C=O) groups is 1. The Morgan fingerprint density at radius 2 is 1.70 bits per heavy atom. The fourth-order valence-electron chi connectivity index (χ4n) is 5.64. The van der Waals surface area contributed by atoms with Crippen LogP contribution < -0.4 is 9.47 Å². The zero-order valence-corrected chi connectivity index (χ0v) is 23.9. The molecule has 208 valence electrons. The van der Waals surface area contributed by atoms with Crippen LogP contribution in [0.1, 0.15) is 34.3 Å². The minimum absolute atomic E-state index is 0.00890. The number of hydrogen-bond donors (Lipinski definition) is 0. The third kappa shape index (κ3) is 5.93. The minimum atomic E-state index is 0.00890. The highest BCUT2D eigenvalue weighted by Crippen LogP contribution is 2.40. The van der Waals surface area contributed by atoms with Gasteiger partial charge in [-0.1, -0.05) is 30.3 Å². The lowest BCUT2D eigenvalue weighted by molar-refractivity contribution is 0.0339. The molecule has 0 unspecified atom stereocenters. The van der Waals surface area contributed by atoms with E-state index in [-0.39, 0.29) is 5.78 Å². The highest BCUT2D eigenvalue weighted by Gasteiger charge is 2.23. The first-order chi connectivity index (χ1) is 19.7. The highest BCUT2D eigenvalue weighted by molar-refractivity contribution is 7.22. The van der Waals surface area contributed by atoms with E-state index in [9.17, 15) is 4.79 Å². The molecule has 6 nitrogen and oxygen atoms in total. The van der Waals surface area contributed by atoms with Gasteiger partial charge in [0.05, 0.1) is 20.3 Å². The molecule has 1 aromatic heterocycles. The average Bonchev–Trinajstić information content (AvgIpc) is 3.66.